The molecule has 0 spiro atoms. The van der Waals surface area contributed by atoms with Gasteiger partial charge in [-0.1, -0.05) is 6.08 Å². The average Bonchev–Trinajstić information content (AvgIpc) is 1.86. The molecule has 0 aliphatic carbocycles. The number of carbonyl (C=O) groups excluding carboxylic acids is 1. The molecule has 0 amide bonds. The van der Waals surface area contributed by atoms with Crippen LogP contribution in [0.5, 0.6) is 0 Å². The van der Waals surface area contributed by atoms with Gasteiger partial charge >= 0.3 is 0 Å². The van der Waals surface area contributed by atoms with Crippen LogP contribution in [0.25, 0.3) is 0 Å². The lowest BCUT2D eigenvalue weighted by Gasteiger charge is -1.72. The molecule has 0 unspecified atom stereocenters. The Labute approximate surface area is 54.7 Å². The molecule has 0 aliphatic rings. The monoisotopic (exact) mass is 129 g/mol. The molecule has 3 heteroatoms. The molecule has 0 bridgehead atoms. The van der Waals surface area contributed by atoms with E-state index < -0.39 is 0 Å². The Hall–Kier alpha value is -1.12. The Kier molecular flexibility index (Phi) is 18.9. The molecule has 0 aliphatic heterocycles. The molecular weight excluding hydrogens is 118 g/mol. The van der Waals surface area contributed by atoms with Crippen LogP contribution < -0.4 is 5.16 Å². The average molecular weight is 129 g/mol. The summed E-state index contributed by atoms with van der Waals surface area (Å²) in [4.78, 5) is 8.81. The van der Waals surface area contributed by atoms with E-state index in [9.17, 15) is 5.21 Å². The predicted octanol–water partition coefficient (Wildman–Crippen LogP) is -0.583. The third kappa shape index (κ3) is 46.4. The van der Waals surface area contributed by atoms with Crippen LogP contribution in [0.3, 0.4) is 0 Å². The number of hydrogen-bond acceptors (Lipinski definition) is 2. The molecule has 0 aromatic heterocycles. The van der Waals surface area contributed by atoms with Gasteiger partial charge in [-0.25, -0.2) is 5.16 Å². The van der Waals surface area contributed by atoms with E-state index in [0.29, 0.717) is 6.42 Å². The highest BCUT2D eigenvalue weighted by atomic mass is 16.4. The van der Waals surface area contributed by atoms with Gasteiger partial charge in [-0.05, 0) is 6.92 Å². The number of hydrogen-bond donors (Lipinski definition) is 1. The molecular formula is C6H11NO2. The second-order valence-corrected chi connectivity index (χ2v) is 1.08. The fraction of sp³-hybridized carbons (Fsp3) is 0.333. The van der Waals surface area contributed by atoms with Gasteiger partial charge in [0.2, 0.25) is 0 Å². The molecule has 0 heterocycles. The second kappa shape index (κ2) is 15.8. The largest absolute Gasteiger partial charge is 0.626 e. The first-order valence-corrected chi connectivity index (χ1v) is 2.53. The molecule has 0 rings (SSSR count). The topological polar surface area (TPSA) is 54.1 Å². The first-order valence-electron chi connectivity index (χ1n) is 2.53. The van der Waals surface area contributed by atoms with Gasteiger partial charge < -0.3 is 10.0 Å². The number of aldehydes is 1. The predicted molar refractivity (Wildman–Crippen MR) is 36.9 cm³/mol. The molecule has 9 heavy (non-hydrogen) atoms. The maximum absolute atomic E-state index is 9.34. The minimum Gasteiger partial charge on any atom is -0.626 e. The van der Waals surface area contributed by atoms with Gasteiger partial charge in [-0.15, -0.1) is 6.58 Å². The van der Waals surface area contributed by atoms with E-state index in [2.05, 4.69) is 6.58 Å². The fourth-order valence-corrected chi connectivity index (χ4v) is 0.131. The minimum absolute atomic E-state index is 0.628. The lowest BCUT2D eigenvalue weighted by Crippen LogP contribution is -2.59. The molecule has 0 saturated heterocycles. The third-order valence-electron chi connectivity index (χ3n) is 0.368. The van der Waals surface area contributed by atoms with E-state index >= 15 is 0 Å². The van der Waals surface area contributed by atoms with E-state index in [4.69, 9.17) is 4.79 Å². The van der Waals surface area contributed by atoms with E-state index in [1.807, 2.05) is 0 Å². The Morgan fingerprint density at radius 3 is 2.33 bits per heavy atom. The highest BCUT2D eigenvalue weighted by molar-refractivity contribution is 5.52. The Balaban J connectivity index is 0. The zero-order valence-corrected chi connectivity index (χ0v) is 5.46. The summed E-state index contributed by atoms with van der Waals surface area (Å²) >= 11 is 0. The minimum atomic E-state index is 0.628. The van der Waals surface area contributed by atoms with Crippen LogP contribution in [-0.4, -0.2) is 12.5 Å². The highest BCUT2D eigenvalue weighted by Crippen LogP contribution is 1.62. The summed E-state index contributed by atoms with van der Waals surface area (Å²) in [5, 5.41) is 11.0. The number of allylic oxidation sites excluding steroid dienone is 1. The van der Waals surface area contributed by atoms with Gasteiger partial charge in [0.05, 0.1) is 0 Å². The zero-order chi connectivity index (χ0) is 7.54. The van der Waals surface area contributed by atoms with Crippen molar-refractivity contribution in [3.8, 4) is 0 Å². The van der Waals surface area contributed by atoms with E-state index in [0.717, 1.165) is 6.29 Å². The maximum Gasteiger partial charge on any atom is 0.152 e. The van der Waals surface area contributed by atoms with E-state index in [-0.39, 0.29) is 0 Å². The molecule has 0 fully saturated rings. The van der Waals surface area contributed by atoms with Gasteiger partial charge in [0.1, 0.15) is 6.29 Å². The quantitative estimate of drug-likeness (QED) is 0.178. The summed E-state index contributed by atoms with van der Waals surface area (Å²) in [6, 6.07) is 0. The van der Waals surface area contributed by atoms with E-state index in [1.165, 1.54) is 13.1 Å². The number of rotatable bonds is 2. The summed E-state index contributed by atoms with van der Waals surface area (Å²) in [5.74, 6) is 0. The van der Waals surface area contributed by atoms with Gasteiger partial charge in [0.15, 0.2) is 6.21 Å². The van der Waals surface area contributed by atoms with Crippen LogP contribution in [0.15, 0.2) is 12.7 Å². The molecule has 3 nitrogen and oxygen atoms in total. The van der Waals surface area contributed by atoms with Crippen molar-refractivity contribution in [3.05, 3.63) is 17.9 Å². The van der Waals surface area contributed by atoms with Crippen molar-refractivity contribution in [1.82, 2.24) is 0 Å². The number of nitrogens with one attached hydrogen (secondary N) is 1. The summed E-state index contributed by atoms with van der Waals surface area (Å²) in [6.07, 6.45) is 4.40. The van der Waals surface area contributed by atoms with Crippen LogP contribution in [0, 0.1) is 5.21 Å². The Morgan fingerprint density at radius 1 is 1.78 bits per heavy atom. The zero-order valence-electron chi connectivity index (χ0n) is 5.46. The first-order chi connectivity index (χ1) is 4.33. The maximum atomic E-state index is 9.34. The van der Waals surface area contributed by atoms with Crippen LogP contribution in [-0.2, 0) is 4.79 Å². The first kappa shape index (κ1) is 10.8. The molecule has 0 aromatic rings. The smallest absolute Gasteiger partial charge is 0.152 e. The van der Waals surface area contributed by atoms with Gasteiger partial charge in [0.25, 0.3) is 0 Å². The third-order valence-corrected chi connectivity index (χ3v) is 0.368. The Bertz CT molecular complexity index is 89.1. The molecule has 0 aromatic carbocycles. The molecule has 0 radical (unpaired) electrons. The summed E-state index contributed by atoms with van der Waals surface area (Å²) in [6.45, 7) is 4.83. The van der Waals surface area contributed by atoms with Crippen LogP contribution in [0.1, 0.15) is 13.3 Å². The summed E-state index contributed by atoms with van der Waals surface area (Å²) in [7, 11) is 0. The molecule has 0 atom stereocenters. The summed E-state index contributed by atoms with van der Waals surface area (Å²) in [5.41, 5.74) is 0. The molecule has 0 saturated carbocycles. The molecule has 52 valence electrons. The van der Waals surface area contributed by atoms with Crippen molar-refractivity contribution >= 4 is 12.5 Å². The van der Waals surface area contributed by atoms with Gasteiger partial charge in [0, 0.05) is 6.42 Å². The van der Waals surface area contributed by atoms with Crippen molar-refractivity contribution in [3.63, 3.8) is 0 Å². The van der Waals surface area contributed by atoms with Crippen LogP contribution in [0.4, 0.5) is 0 Å². The SMILES string of the molecule is C=CCC=[NH+][O-].CC=O. The van der Waals surface area contributed by atoms with Crippen molar-refractivity contribution < 1.29 is 9.95 Å². The Morgan fingerprint density at radius 2 is 2.22 bits per heavy atom. The van der Waals surface area contributed by atoms with Crippen LogP contribution in [0.2, 0.25) is 0 Å². The lowest BCUT2D eigenvalue weighted by atomic mass is 10.5. The van der Waals surface area contributed by atoms with Gasteiger partial charge in [-0.3, -0.25) is 0 Å². The van der Waals surface area contributed by atoms with Crippen molar-refractivity contribution in [1.29, 1.82) is 0 Å². The van der Waals surface area contributed by atoms with Crippen molar-refractivity contribution in [2.24, 2.45) is 0 Å². The van der Waals surface area contributed by atoms with Crippen molar-refractivity contribution in [2.45, 2.75) is 13.3 Å². The van der Waals surface area contributed by atoms with Gasteiger partial charge in [-0.2, -0.15) is 0 Å². The highest BCUT2D eigenvalue weighted by Gasteiger charge is 1.63. The number of carbonyl (C=O) groups is 1. The van der Waals surface area contributed by atoms with E-state index in [1.54, 1.807) is 11.2 Å². The lowest BCUT2D eigenvalue weighted by molar-refractivity contribution is -0.368. The molecule has 1 N–H and O–H groups in total. The second-order valence-electron chi connectivity index (χ2n) is 1.08. The van der Waals surface area contributed by atoms with Crippen molar-refractivity contribution in [2.75, 3.05) is 0 Å². The standard InChI is InChI=1S/C4H7NO.C2H4O/c1-2-3-4-5-6;1-2-3/h2,4-5H,1,3H2;2H,1H3. The fourth-order valence-electron chi connectivity index (χ4n) is 0.131. The normalized spacial score (nSPS) is 7.67. The summed E-state index contributed by atoms with van der Waals surface area (Å²) < 4.78 is 0. The van der Waals surface area contributed by atoms with Crippen LogP contribution >= 0.6 is 0 Å².